The second kappa shape index (κ2) is 8.17. The van der Waals surface area contributed by atoms with Gasteiger partial charge in [0.2, 0.25) is 0 Å². The molecular weight excluding hydrogens is 355 g/mol. The maximum atomic E-state index is 13.3. The van der Waals surface area contributed by atoms with Crippen molar-refractivity contribution in [2.75, 3.05) is 23.3 Å². The van der Waals surface area contributed by atoms with Crippen molar-refractivity contribution in [2.45, 2.75) is 19.3 Å². The number of benzene rings is 2. The highest BCUT2D eigenvalue weighted by Crippen LogP contribution is 2.23. The molecule has 6 heteroatoms. The number of halogens is 1. The van der Waals surface area contributed by atoms with E-state index >= 15 is 0 Å². The first-order chi connectivity index (χ1) is 13.7. The van der Waals surface area contributed by atoms with Crippen LogP contribution in [0.1, 0.15) is 29.6 Å². The first-order valence-corrected chi connectivity index (χ1v) is 9.45. The summed E-state index contributed by atoms with van der Waals surface area (Å²) in [7, 11) is 0. The number of nitrogens with one attached hydrogen (secondary N) is 1. The predicted molar refractivity (Wildman–Crippen MR) is 108 cm³/mol. The van der Waals surface area contributed by atoms with E-state index < -0.39 is 5.82 Å². The van der Waals surface area contributed by atoms with E-state index in [2.05, 4.69) is 20.4 Å². The number of rotatable bonds is 4. The van der Waals surface area contributed by atoms with Gasteiger partial charge in [-0.15, -0.1) is 10.2 Å². The summed E-state index contributed by atoms with van der Waals surface area (Å²) in [6, 6.07) is 16.9. The Kier molecular flexibility index (Phi) is 5.28. The lowest BCUT2D eigenvalue weighted by Gasteiger charge is -2.27. The normalized spacial score (nSPS) is 14.0. The number of anilines is 2. The van der Waals surface area contributed by atoms with Gasteiger partial charge in [-0.2, -0.15) is 0 Å². The van der Waals surface area contributed by atoms with E-state index in [9.17, 15) is 9.18 Å². The molecule has 142 valence electrons. The number of piperidine rings is 1. The Bertz CT molecular complexity index is 968. The smallest absolute Gasteiger partial charge is 0.255 e. The third-order valence-electron chi connectivity index (χ3n) is 4.83. The zero-order chi connectivity index (χ0) is 19.3. The summed E-state index contributed by atoms with van der Waals surface area (Å²) in [6.07, 6.45) is 3.66. The summed E-state index contributed by atoms with van der Waals surface area (Å²) in [5, 5.41) is 11.5. The van der Waals surface area contributed by atoms with Crippen molar-refractivity contribution in [1.29, 1.82) is 0 Å². The zero-order valence-electron chi connectivity index (χ0n) is 15.4. The number of aromatic nitrogens is 2. The monoisotopic (exact) mass is 376 g/mol. The van der Waals surface area contributed by atoms with E-state index in [1.807, 2.05) is 30.3 Å². The highest BCUT2D eigenvalue weighted by atomic mass is 19.1. The summed E-state index contributed by atoms with van der Waals surface area (Å²) < 4.78 is 13.3. The Labute approximate surface area is 163 Å². The Morgan fingerprint density at radius 1 is 0.929 bits per heavy atom. The molecule has 0 spiro atoms. The number of hydrogen-bond acceptors (Lipinski definition) is 4. The fraction of sp³-hybridized carbons (Fsp3) is 0.227. The van der Waals surface area contributed by atoms with Gasteiger partial charge >= 0.3 is 0 Å². The molecule has 0 unspecified atom stereocenters. The van der Waals surface area contributed by atoms with Crippen molar-refractivity contribution in [3.05, 3.63) is 72.0 Å². The molecule has 1 aliphatic heterocycles. The Morgan fingerprint density at radius 3 is 2.50 bits per heavy atom. The number of hydrogen-bond donors (Lipinski definition) is 1. The van der Waals surface area contributed by atoms with Gasteiger partial charge in [0.25, 0.3) is 5.91 Å². The van der Waals surface area contributed by atoms with E-state index in [1.165, 1.54) is 37.5 Å². The van der Waals surface area contributed by atoms with Gasteiger partial charge in [0.05, 0.1) is 5.69 Å². The lowest BCUT2D eigenvalue weighted by atomic mass is 10.1. The molecule has 0 bridgehead atoms. The summed E-state index contributed by atoms with van der Waals surface area (Å²) in [6.45, 7) is 2.05. The minimum Gasteiger partial charge on any atom is -0.355 e. The van der Waals surface area contributed by atoms with Crippen molar-refractivity contribution in [3.8, 4) is 11.3 Å². The van der Waals surface area contributed by atoms with E-state index in [0.29, 0.717) is 5.69 Å². The van der Waals surface area contributed by atoms with Crippen molar-refractivity contribution >= 4 is 17.4 Å². The first kappa shape index (κ1) is 18.1. The molecule has 5 nitrogen and oxygen atoms in total. The number of nitrogens with zero attached hydrogens (tertiary/aromatic N) is 3. The minimum absolute atomic E-state index is 0.274. The SMILES string of the molecule is O=C(Nc1cccc(-c2ccc(N3CCCCC3)nn2)c1)c1cccc(F)c1. The predicted octanol–water partition coefficient (Wildman–Crippen LogP) is 4.53. The molecule has 0 aliphatic carbocycles. The molecule has 1 aromatic heterocycles. The maximum absolute atomic E-state index is 13.3. The Morgan fingerprint density at radius 2 is 1.75 bits per heavy atom. The van der Waals surface area contributed by atoms with Crippen molar-refractivity contribution in [2.24, 2.45) is 0 Å². The molecule has 1 saturated heterocycles. The molecule has 0 atom stereocenters. The van der Waals surface area contributed by atoms with Crippen LogP contribution in [-0.4, -0.2) is 29.2 Å². The zero-order valence-corrected chi connectivity index (χ0v) is 15.4. The lowest BCUT2D eigenvalue weighted by Crippen LogP contribution is -2.30. The standard InChI is InChI=1S/C22H21FN4O/c23-18-8-4-7-17(14-18)22(28)24-19-9-5-6-16(15-19)20-10-11-21(26-25-20)27-12-2-1-3-13-27/h4-11,14-15H,1-3,12-13H2,(H,24,28). The van der Waals surface area contributed by atoms with Gasteiger partial charge in [-0.1, -0.05) is 18.2 Å². The van der Waals surface area contributed by atoms with Gasteiger partial charge in [-0.3, -0.25) is 4.79 Å². The van der Waals surface area contributed by atoms with Crippen LogP contribution in [0.2, 0.25) is 0 Å². The summed E-state index contributed by atoms with van der Waals surface area (Å²) >= 11 is 0. The molecule has 28 heavy (non-hydrogen) atoms. The number of amides is 1. The topological polar surface area (TPSA) is 58.1 Å². The first-order valence-electron chi connectivity index (χ1n) is 9.45. The van der Waals surface area contributed by atoms with E-state index in [0.717, 1.165) is 30.2 Å². The van der Waals surface area contributed by atoms with E-state index in [4.69, 9.17) is 0 Å². The van der Waals surface area contributed by atoms with Crippen LogP contribution in [0.4, 0.5) is 15.9 Å². The van der Waals surface area contributed by atoms with Gasteiger partial charge in [-0.05, 0) is 61.7 Å². The lowest BCUT2D eigenvalue weighted by molar-refractivity contribution is 0.102. The van der Waals surface area contributed by atoms with Crippen molar-refractivity contribution in [3.63, 3.8) is 0 Å². The molecule has 1 fully saturated rings. The Hall–Kier alpha value is -3.28. The molecular formula is C22H21FN4O. The fourth-order valence-electron chi connectivity index (χ4n) is 3.36. The quantitative estimate of drug-likeness (QED) is 0.727. The maximum Gasteiger partial charge on any atom is 0.255 e. The van der Waals surface area contributed by atoms with Gasteiger partial charge in [0.15, 0.2) is 5.82 Å². The van der Waals surface area contributed by atoms with Crippen LogP contribution >= 0.6 is 0 Å². The summed E-state index contributed by atoms with van der Waals surface area (Å²) in [4.78, 5) is 14.6. The minimum atomic E-state index is -0.439. The molecule has 4 rings (SSSR count). The molecule has 3 aromatic rings. The van der Waals surface area contributed by atoms with Crippen LogP contribution in [0, 0.1) is 5.82 Å². The average molecular weight is 376 g/mol. The summed E-state index contributed by atoms with van der Waals surface area (Å²) in [5.74, 6) is 0.104. The van der Waals surface area contributed by atoms with Crippen molar-refractivity contribution in [1.82, 2.24) is 10.2 Å². The third-order valence-corrected chi connectivity index (χ3v) is 4.83. The number of carbonyl (C=O) groups is 1. The van der Waals surface area contributed by atoms with Crippen LogP contribution in [0.5, 0.6) is 0 Å². The second-order valence-corrected chi connectivity index (χ2v) is 6.87. The molecule has 1 N–H and O–H groups in total. The van der Waals surface area contributed by atoms with Gasteiger partial charge in [0.1, 0.15) is 5.82 Å². The van der Waals surface area contributed by atoms with E-state index in [-0.39, 0.29) is 11.5 Å². The average Bonchev–Trinajstić information content (AvgIpc) is 2.75. The highest BCUT2D eigenvalue weighted by molar-refractivity contribution is 6.04. The molecule has 1 amide bonds. The van der Waals surface area contributed by atoms with Crippen LogP contribution in [0.15, 0.2) is 60.7 Å². The van der Waals surface area contributed by atoms with E-state index in [1.54, 1.807) is 12.1 Å². The fourth-order valence-corrected chi connectivity index (χ4v) is 3.36. The van der Waals surface area contributed by atoms with Gasteiger partial charge in [-0.25, -0.2) is 4.39 Å². The van der Waals surface area contributed by atoms with Crippen molar-refractivity contribution < 1.29 is 9.18 Å². The van der Waals surface area contributed by atoms with Crippen LogP contribution < -0.4 is 10.2 Å². The van der Waals surface area contributed by atoms with Gasteiger partial charge < -0.3 is 10.2 Å². The molecule has 1 aliphatic rings. The largest absolute Gasteiger partial charge is 0.355 e. The van der Waals surface area contributed by atoms with Gasteiger partial charge in [0, 0.05) is 29.9 Å². The molecule has 0 saturated carbocycles. The highest BCUT2D eigenvalue weighted by Gasteiger charge is 2.13. The van der Waals surface area contributed by atoms with Crippen LogP contribution in [-0.2, 0) is 0 Å². The van der Waals surface area contributed by atoms with Crippen LogP contribution in [0.25, 0.3) is 11.3 Å². The third kappa shape index (κ3) is 4.17. The molecule has 0 radical (unpaired) electrons. The second-order valence-electron chi connectivity index (χ2n) is 6.87. The number of carbonyl (C=O) groups excluding carboxylic acids is 1. The molecule has 2 aromatic carbocycles. The Balaban J connectivity index is 1.49. The summed E-state index contributed by atoms with van der Waals surface area (Å²) in [5.41, 5.74) is 2.49. The van der Waals surface area contributed by atoms with Crippen LogP contribution in [0.3, 0.4) is 0 Å². The molecule has 2 heterocycles.